The molecule has 0 saturated heterocycles. The summed E-state index contributed by atoms with van der Waals surface area (Å²) in [5.74, 6) is -0.383. The normalized spacial score (nSPS) is 10.8. The van der Waals surface area contributed by atoms with Crippen molar-refractivity contribution >= 4 is 33.1 Å². The number of nitrogens with zero attached hydrogens (tertiary/aromatic N) is 1. The lowest BCUT2D eigenvalue weighted by Crippen LogP contribution is -2.20. The molecule has 0 radical (unpaired) electrons. The highest BCUT2D eigenvalue weighted by atomic mass is 32.1. The number of aromatic nitrogens is 1. The van der Waals surface area contributed by atoms with Crippen molar-refractivity contribution in [1.29, 1.82) is 0 Å². The number of fused-ring (bicyclic) bond motifs is 1. The fourth-order valence-corrected chi connectivity index (χ4v) is 3.78. The summed E-state index contributed by atoms with van der Waals surface area (Å²) in [6.45, 7) is -0.184. The maximum absolute atomic E-state index is 13.1. The van der Waals surface area contributed by atoms with E-state index in [0.717, 1.165) is 22.5 Å². The van der Waals surface area contributed by atoms with E-state index < -0.39 is 5.82 Å². The van der Waals surface area contributed by atoms with Crippen LogP contribution in [0.1, 0.15) is 10.6 Å². The molecular weight excluding hydrogens is 375 g/mol. The van der Waals surface area contributed by atoms with Gasteiger partial charge >= 0.3 is 0 Å². The van der Waals surface area contributed by atoms with Crippen LogP contribution < -0.4 is 10.1 Å². The number of ether oxygens (including phenoxy) is 1. The maximum atomic E-state index is 13.1. The van der Waals surface area contributed by atoms with Crippen LogP contribution in [0.4, 0.5) is 10.1 Å². The fourth-order valence-electron chi connectivity index (χ4n) is 2.78. The first kappa shape index (κ1) is 18.1. The Hall–Kier alpha value is -3.25. The zero-order chi connectivity index (χ0) is 19.3. The first-order valence-corrected chi connectivity index (χ1v) is 9.59. The molecule has 0 bridgehead atoms. The number of anilines is 1. The summed E-state index contributed by atoms with van der Waals surface area (Å²) in [6, 6.07) is 21.4. The second-order valence-corrected chi connectivity index (χ2v) is 7.36. The van der Waals surface area contributed by atoms with Crippen LogP contribution in [0.15, 0.2) is 72.8 Å². The summed E-state index contributed by atoms with van der Waals surface area (Å²) >= 11 is 1.69. The van der Waals surface area contributed by atoms with Gasteiger partial charge in [0.2, 0.25) is 0 Å². The van der Waals surface area contributed by atoms with Crippen LogP contribution in [-0.4, -0.2) is 17.5 Å². The number of amides is 1. The molecule has 1 aromatic heterocycles. The van der Waals surface area contributed by atoms with Crippen molar-refractivity contribution in [3.8, 4) is 5.75 Å². The average Bonchev–Trinajstić information content (AvgIpc) is 3.10. The Morgan fingerprint density at radius 3 is 2.64 bits per heavy atom. The minimum absolute atomic E-state index is 0.184. The van der Waals surface area contributed by atoms with E-state index in [1.807, 2.05) is 42.5 Å². The zero-order valence-corrected chi connectivity index (χ0v) is 15.7. The van der Waals surface area contributed by atoms with Gasteiger partial charge in [0.05, 0.1) is 15.2 Å². The van der Waals surface area contributed by atoms with Crippen molar-refractivity contribution < 1.29 is 13.9 Å². The fraction of sp³-hybridized carbons (Fsp3) is 0.0909. The molecule has 3 aromatic carbocycles. The first-order chi connectivity index (χ1) is 13.7. The second-order valence-electron chi connectivity index (χ2n) is 6.24. The minimum atomic E-state index is -0.401. The van der Waals surface area contributed by atoms with Crippen molar-refractivity contribution in [2.45, 2.75) is 6.42 Å². The molecular formula is C22H17FN2O2S. The molecule has 140 valence electrons. The highest BCUT2D eigenvalue weighted by Gasteiger charge is 2.07. The van der Waals surface area contributed by atoms with Gasteiger partial charge < -0.3 is 10.1 Å². The van der Waals surface area contributed by atoms with Crippen molar-refractivity contribution in [2.75, 3.05) is 11.9 Å². The van der Waals surface area contributed by atoms with Gasteiger partial charge in [-0.3, -0.25) is 4.79 Å². The SMILES string of the molecule is O=C(COc1cccc(F)c1)Nc1ccc(Cc2nc3ccccc3s2)cc1. The summed E-state index contributed by atoms with van der Waals surface area (Å²) in [5.41, 5.74) is 2.82. The van der Waals surface area contributed by atoms with Gasteiger partial charge in [0.25, 0.3) is 5.91 Å². The third-order valence-corrected chi connectivity index (χ3v) is 5.13. The maximum Gasteiger partial charge on any atom is 0.262 e. The van der Waals surface area contributed by atoms with E-state index in [0.29, 0.717) is 11.4 Å². The van der Waals surface area contributed by atoms with E-state index in [9.17, 15) is 9.18 Å². The molecule has 0 aliphatic rings. The summed E-state index contributed by atoms with van der Waals surface area (Å²) in [6.07, 6.45) is 0.746. The Balaban J connectivity index is 1.33. The number of para-hydroxylation sites is 1. The largest absolute Gasteiger partial charge is 0.484 e. The summed E-state index contributed by atoms with van der Waals surface area (Å²) in [4.78, 5) is 16.7. The minimum Gasteiger partial charge on any atom is -0.484 e. The Bertz CT molecular complexity index is 1080. The molecule has 0 aliphatic heterocycles. The average molecular weight is 392 g/mol. The topological polar surface area (TPSA) is 51.2 Å². The van der Waals surface area contributed by atoms with Crippen molar-refractivity contribution in [1.82, 2.24) is 4.98 Å². The number of hydrogen-bond acceptors (Lipinski definition) is 4. The Labute approximate surface area is 165 Å². The van der Waals surface area contributed by atoms with Gasteiger partial charge in [-0.2, -0.15) is 0 Å². The lowest BCUT2D eigenvalue weighted by atomic mass is 10.1. The van der Waals surface area contributed by atoms with Crippen LogP contribution in [0.5, 0.6) is 5.75 Å². The van der Waals surface area contributed by atoms with E-state index in [-0.39, 0.29) is 12.5 Å². The lowest BCUT2D eigenvalue weighted by Gasteiger charge is -2.08. The molecule has 0 unspecified atom stereocenters. The van der Waals surface area contributed by atoms with Gasteiger partial charge in [-0.1, -0.05) is 30.3 Å². The molecule has 0 fully saturated rings. The monoisotopic (exact) mass is 392 g/mol. The number of carbonyl (C=O) groups excluding carboxylic acids is 1. The van der Waals surface area contributed by atoms with Crippen LogP contribution in [0.3, 0.4) is 0 Å². The van der Waals surface area contributed by atoms with Gasteiger partial charge in [-0.25, -0.2) is 9.37 Å². The molecule has 4 aromatic rings. The lowest BCUT2D eigenvalue weighted by molar-refractivity contribution is -0.118. The zero-order valence-electron chi connectivity index (χ0n) is 14.9. The van der Waals surface area contributed by atoms with Crippen LogP contribution in [0.2, 0.25) is 0 Å². The van der Waals surface area contributed by atoms with Crippen LogP contribution in [0, 0.1) is 5.82 Å². The quantitative estimate of drug-likeness (QED) is 0.500. The van der Waals surface area contributed by atoms with Crippen molar-refractivity contribution in [3.63, 3.8) is 0 Å². The Kier molecular flexibility index (Phi) is 5.30. The van der Waals surface area contributed by atoms with E-state index in [1.165, 1.54) is 22.9 Å². The number of halogens is 1. The molecule has 6 heteroatoms. The highest BCUT2D eigenvalue weighted by Crippen LogP contribution is 2.24. The molecule has 0 atom stereocenters. The molecule has 0 aliphatic carbocycles. The standard InChI is InChI=1S/C22H17FN2O2S/c23-16-4-3-5-18(13-16)27-14-21(26)24-17-10-8-15(9-11-17)12-22-25-19-6-1-2-7-20(19)28-22/h1-11,13H,12,14H2,(H,24,26). The molecule has 4 nitrogen and oxygen atoms in total. The Morgan fingerprint density at radius 2 is 1.86 bits per heavy atom. The predicted octanol–water partition coefficient (Wildman–Crippen LogP) is 5.04. The smallest absolute Gasteiger partial charge is 0.262 e. The van der Waals surface area contributed by atoms with Crippen LogP contribution >= 0.6 is 11.3 Å². The molecule has 1 heterocycles. The van der Waals surface area contributed by atoms with Gasteiger partial charge in [-0.05, 0) is 42.0 Å². The molecule has 28 heavy (non-hydrogen) atoms. The third kappa shape index (κ3) is 4.53. The molecule has 0 saturated carbocycles. The second kappa shape index (κ2) is 8.19. The number of rotatable bonds is 6. The van der Waals surface area contributed by atoms with Gasteiger partial charge in [0.1, 0.15) is 11.6 Å². The van der Waals surface area contributed by atoms with E-state index in [2.05, 4.69) is 16.4 Å². The molecule has 1 amide bonds. The van der Waals surface area contributed by atoms with E-state index >= 15 is 0 Å². The number of nitrogens with one attached hydrogen (secondary N) is 1. The van der Waals surface area contributed by atoms with E-state index in [4.69, 9.17) is 4.74 Å². The number of benzene rings is 3. The molecule has 0 spiro atoms. The third-order valence-electron chi connectivity index (χ3n) is 4.10. The first-order valence-electron chi connectivity index (χ1n) is 8.77. The number of carbonyl (C=O) groups is 1. The number of thiazole rings is 1. The van der Waals surface area contributed by atoms with Gasteiger partial charge in [0, 0.05) is 18.2 Å². The van der Waals surface area contributed by atoms with Crippen LogP contribution in [0.25, 0.3) is 10.2 Å². The number of hydrogen-bond donors (Lipinski definition) is 1. The summed E-state index contributed by atoms with van der Waals surface area (Å²) in [5, 5.41) is 3.83. The molecule has 1 N–H and O–H groups in total. The van der Waals surface area contributed by atoms with Gasteiger partial charge in [-0.15, -0.1) is 11.3 Å². The van der Waals surface area contributed by atoms with E-state index in [1.54, 1.807) is 17.4 Å². The summed E-state index contributed by atoms with van der Waals surface area (Å²) in [7, 11) is 0. The van der Waals surface area contributed by atoms with Crippen molar-refractivity contribution in [2.24, 2.45) is 0 Å². The Morgan fingerprint density at radius 1 is 1.04 bits per heavy atom. The van der Waals surface area contributed by atoms with Crippen LogP contribution in [-0.2, 0) is 11.2 Å². The van der Waals surface area contributed by atoms with Crippen molar-refractivity contribution in [3.05, 3.63) is 89.2 Å². The van der Waals surface area contributed by atoms with Gasteiger partial charge in [0.15, 0.2) is 6.61 Å². The highest BCUT2D eigenvalue weighted by molar-refractivity contribution is 7.18. The summed E-state index contributed by atoms with van der Waals surface area (Å²) < 4.78 is 19.6. The predicted molar refractivity (Wildman–Crippen MR) is 109 cm³/mol. The molecule has 4 rings (SSSR count).